The fourth-order valence-electron chi connectivity index (χ4n) is 2.27. The third-order valence-electron chi connectivity index (χ3n) is 3.32. The molecule has 1 saturated carbocycles. The number of aliphatic hydroxyl groups excluding tert-OH is 1. The van der Waals surface area contributed by atoms with E-state index >= 15 is 0 Å². The molecule has 94 valence electrons. The summed E-state index contributed by atoms with van der Waals surface area (Å²) >= 11 is 0. The Balaban J connectivity index is 1.67. The Hall–Kier alpha value is -1.88. The topological polar surface area (TPSA) is 67.2 Å². The van der Waals surface area contributed by atoms with E-state index < -0.39 is 0 Å². The van der Waals surface area contributed by atoms with Gasteiger partial charge >= 0.3 is 0 Å². The van der Waals surface area contributed by atoms with Gasteiger partial charge in [0.25, 0.3) is 0 Å². The molecular weight excluding hydrogens is 230 g/mol. The normalized spacial score (nSPS) is 22.7. The molecule has 1 aliphatic rings. The predicted octanol–water partition coefficient (Wildman–Crippen LogP) is 0.676. The van der Waals surface area contributed by atoms with Crippen molar-refractivity contribution in [2.45, 2.75) is 31.5 Å². The van der Waals surface area contributed by atoms with Crippen molar-refractivity contribution in [1.82, 2.24) is 14.9 Å². The second-order valence-corrected chi connectivity index (χ2v) is 4.75. The number of nitrogens with zero attached hydrogens (tertiary/aromatic N) is 2. The van der Waals surface area contributed by atoms with Gasteiger partial charge in [0.05, 0.1) is 23.5 Å². The van der Waals surface area contributed by atoms with Gasteiger partial charge in [-0.05, 0) is 25.0 Å². The monoisotopic (exact) mass is 245 g/mol. The zero-order valence-corrected chi connectivity index (χ0v) is 9.91. The molecule has 2 N–H and O–H groups in total. The van der Waals surface area contributed by atoms with Crippen LogP contribution in [0.3, 0.4) is 0 Å². The highest BCUT2D eigenvalue weighted by Crippen LogP contribution is 2.19. The van der Waals surface area contributed by atoms with Gasteiger partial charge in [-0.15, -0.1) is 0 Å². The molecule has 1 aliphatic carbocycles. The van der Waals surface area contributed by atoms with Gasteiger partial charge in [0.1, 0.15) is 6.54 Å². The molecule has 1 fully saturated rings. The zero-order valence-electron chi connectivity index (χ0n) is 9.91. The quantitative estimate of drug-likeness (QED) is 0.835. The lowest BCUT2D eigenvalue weighted by molar-refractivity contribution is -0.123. The summed E-state index contributed by atoms with van der Waals surface area (Å²) in [5.74, 6) is -0.0324. The minimum Gasteiger partial charge on any atom is -0.393 e. The van der Waals surface area contributed by atoms with E-state index in [9.17, 15) is 4.79 Å². The van der Waals surface area contributed by atoms with Crippen molar-refractivity contribution in [2.75, 3.05) is 0 Å². The molecule has 18 heavy (non-hydrogen) atoms. The Morgan fingerprint density at radius 3 is 3.00 bits per heavy atom. The van der Waals surface area contributed by atoms with Gasteiger partial charge in [-0.2, -0.15) is 0 Å². The van der Waals surface area contributed by atoms with E-state index in [1.165, 1.54) is 0 Å². The smallest absolute Gasteiger partial charge is 0.240 e. The Morgan fingerprint density at radius 2 is 2.22 bits per heavy atom. The molecule has 0 bridgehead atoms. The molecule has 0 radical (unpaired) electrons. The summed E-state index contributed by atoms with van der Waals surface area (Å²) in [5, 5.41) is 12.1. The molecule has 5 heteroatoms. The number of imidazole rings is 1. The van der Waals surface area contributed by atoms with Gasteiger partial charge < -0.3 is 15.0 Å². The molecular formula is C13H15N3O2. The molecule has 0 unspecified atom stereocenters. The van der Waals surface area contributed by atoms with Crippen molar-refractivity contribution in [3.05, 3.63) is 30.6 Å². The Kier molecular flexibility index (Phi) is 2.76. The van der Waals surface area contributed by atoms with E-state index in [0.717, 1.165) is 11.0 Å². The number of carbonyl (C=O) groups is 1. The van der Waals surface area contributed by atoms with E-state index in [1.807, 2.05) is 28.8 Å². The average molecular weight is 245 g/mol. The summed E-state index contributed by atoms with van der Waals surface area (Å²) in [4.78, 5) is 16.1. The highest BCUT2D eigenvalue weighted by Gasteiger charge is 2.28. The van der Waals surface area contributed by atoms with E-state index in [-0.39, 0.29) is 24.6 Å². The number of para-hydroxylation sites is 2. The van der Waals surface area contributed by atoms with Gasteiger partial charge in [-0.1, -0.05) is 12.1 Å². The molecule has 1 aromatic heterocycles. The first kappa shape index (κ1) is 11.2. The van der Waals surface area contributed by atoms with Crippen LogP contribution < -0.4 is 5.32 Å². The zero-order chi connectivity index (χ0) is 12.5. The van der Waals surface area contributed by atoms with E-state index in [1.54, 1.807) is 6.33 Å². The van der Waals surface area contributed by atoms with Crippen LogP contribution in [0.1, 0.15) is 12.8 Å². The van der Waals surface area contributed by atoms with Gasteiger partial charge in [0.15, 0.2) is 0 Å². The van der Waals surface area contributed by atoms with Crippen LogP contribution in [-0.2, 0) is 11.3 Å². The molecule has 1 aromatic carbocycles. The second-order valence-electron chi connectivity index (χ2n) is 4.75. The largest absolute Gasteiger partial charge is 0.393 e. The third kappa shape index (κ3) is 2.09. The number of hydrogen-bond donors (Lipinski definition) is 2. The number of nitrogens with one attached hydrogen (secondary N) is 1. The van der Waals surface area contributed by atoms with Crippen molar-refractivity contribution in [1.29, 1.82) is 0 Å². The molecule has 5 nitrogen and oxygen atoms in total. The first-order chi connectivity index (χ1) is 8.72. The van der Waals surface area contributed by atoms with Crippen molar-refractivity contribution in [2.24, 2.45) is 0 Å². The number of rotatable bonds is 3. The lowest BCUT2D eigenvalue weighted by Gasteiger charge is -2.31. The van der Waals surface area contributed by atoms with E-state index in [0.29, 0.717) is 12.8 Å². The van der Waals surface area contributed by atoms with Gasteiger partial charge in [0, 0.05) is 6.04 Å². The fourth-order valence-corrected chi connectivity index (χ4v) is 2.27. The lowest BCUT2D eigenvalue weighted by Crippen LogP contribution is -2.47. The van der Waals surface area contributed by atoms with Crippen molar-refractivity contribution in [3.63, 3.8) is 0 Å². The van der Waals surface area contributed by atoms with Crippen LogP contribution in [0.2, 0.25) is 0 Å². The molecule has 0 spiro atoms. The molecule has 0 aliphatic heterocycles. The Labute approximate surface area is 104 Å². The van der Waals surface area contributed by atoms with Crippen molar-refractivity contribution >= 4 is 16.9 Å². The fraction of sp³-hybridized carbons (Fsp3) is 0.385. The maximum absolute atomic E-state index is 11.8. The number of fused-ring (bicyclic) bond motifs is 1. The second kappa shape index (κ2) is 4.42. The first-order valence-electron chi connectivity index (χ1n) is 6.09. The standard InChI is InChI=1S/C13H15N3O2/c17-10-5-9(6-10)15-13(18)7-16-8-14-11-3-1-2-4-12(11)16/h1-4,8-10,17H,5-7H2,(H,15,18). The van der Waals surface area contributed by atoms with E-state index in [2.05, 4.69) is 10.3 Å². The van der Waals surface area contributed by atoms with Crippen molar-refractivity contribution < 1.29 is 9.90 Å². The summed E-state index contributed by atoms with van der Waals surface area (Å²) < 4.78 is 1.83. The predicted molar refractivity (Wildman–Crippen MR) is 66.9 cm³/mol. The number of aliphatic hydroxyl groups is 1. The lowest BCUT2D eigenvalue weighted by atomic mass is 9.89. The minimum absolute atomic E-state index is 0.0324. The van der Waals surface area contributed by atoms with Crippen molar-refractivity contribution in [3.8, 4) is 0 Å². The number of amides is 1. The summed E-state index contributed by atoms with van der Waals surface area (Å²) in [6, 6.07) is 7.85. The Bertz CT molecular complexity index is 572. The molecule has 3 rings (SSSR count). The van der Waals surface area contributed by atoms with E-state index in [4.69, 9.17) is 5.11 Å². The minimum atomic E-state index is -0.246. The highest BCUT2D eigenvalue weighted by atomic mass is 16.3. The molecule has 1 amide bonds. The SMILES string of the molecule is O=C(Cn1cnc2ccccc21)NC1CC(O)C1. The maximum Gasteiger partial charge on any atom is 0.240 e. The summed E-state index contributed by atoms with van der Waals surface area (Å²) in [6.07, 6.45) is 2.76. The number of aromatic nitrogens is 2. The van der Waals surface area contributed by atoms with Crippen LogP contribution in [0.5, 0.6) is 0 Å². The number of benzene rings is 1. The summed E-state index contributed by atoms with van der Waals surface area (Å²) in [5.41, 5.74) is 1.85. The van der Waals surface area contributed by atoms with Gasteiger partial charge in [0.2, 0.25) is 5.91 Å². The van der Waals surface area contributed by atoms with Crippen LogP contribution >= 0.6 is 0 Å². The van der Waals surface area contributed by atoms with Crippen LogP contribution in [0, 0.1) is 0 Å². The first-order valence-corrected chi connectivity index (χ1v) is 6.09. The molecule has 1 heterocycles. The van der Waals surface area contributed by atoms with Crippen LogP contribution in [-0.4, -0.2) is 32.7 Å². The third-order valence-corrected chi connectivity index (χ3v) is 3.32. The molecule has 0 atom stereocenters. The van der Waals surface area contributed by atoms with Crippen LogP contribution in [0.4, 0.5) is 0 Å². The molecule has 0 saturated heterocycles. The Morgan fingerprint density at radius 1 is 1.44 bits per heavy atom. The van der Waals surface area contributed by atoms with Crippen LogP contribution in [0.25, 0.3) is 11.0 Å². The maximum atomic E-state index is 11.8. The highest BCUT2D eigenvalue weighted by molar-refractivity contribution is 5.80. The molecule has 2 aromatic rings. The number of hydrogen-bond acceptors (Lipinski definition) is 3. The number of carbonyl (C=O) groups excluding carboxylic acids is 1. The summed E-state index contributed by atoms with van der Waals surface area (Å²) in [6.45, 7) is 0.271. The van der Waals surface area contributed by atoms with Gasteiger partial charge in [-0.25, -0.2) is 4.98 Å². The average Bonchev–Trinajstić information content (AvgIpc) is 2.71. The van der Waals surface area contributed by atoms with Crippen LogP contribution in [0.15, 0.2) is 30.6 Å². The van der Waals surface area contributed by atoms with Gasteiger partial charge in [-0.3, -0.25) is 4.79 Å². The summed E-state index contributed by atoms with van der Waals surface area (Å²) in [7, 11) is 0.